The minimum Gasteiger partial charge on any atom is -0.423 e. The molecule has 1 aromatic heterocycles. The lowest BCUT2D eigenvalue weighted by Gasteiger charge is -2.05. The molecule has 88 valence electrons. The number of benzene rings is 1. The maximum atomic E-state index is 12.9. The number of halogens is 3. The number of rotatable bonds is 3. The lowest BCUT2D eigenvalue weighted by Crippen LogP contribution is -1.93. The highest BCUT2D eigenvalue weighted by Crippen LogP contribution is 2.28. The zero-order valence-electron chi connectivity index (χ0n) is 8.53. The number of alkyl halides is 1. The highest BCUT2D eigenvalue weighted by atomic mass is 79.9. The van der Waals surface area contributed by atoms with Crippen molar-refractivity contribution in [2.75, 3.05) is 0 Å². The number of nitrogens with zero attached hydrogens (tertiary/aromatic N) is 2. The van der Waals surface area contributed by atoms with Crippen molar-refractivity contribution in [3.05, 3.63) is 46.4 Å². The molecule has 0 bridgehead atoms. The molecule has 2 aromatic rings. The summed E-state index contributed by atoms with van der Waals surface area (Å²) in [6, 6.07) is 4.29. The van der Waals surface area contributed by atoms with Gasteiger partial charge in [0.05, 0.1) is 10.4 Å². The Bertz CT molecular complexity index is 521. The molecule has 0 amide bonds. The third kappa shape index (κ3) is 3.14. The third-order valence-electron chi connectivity index (χ3n) is 1.93. The van der Waals surface area contributed by atoms with Crippen molar-refractivity contribution in [2.24, 2.45) is 0 Å². The number of hydrogen-bond acceptors (Lipinski definition) is 3. The van der Waals surface area contributed by atoms with Gasteiger partial charge < -0.3 is 4.74 Å². The highest BCUT2D eigenvalue weighted by molar-refractivity contribution is 9.10. The molecule has 0 aliphatic rings. The molecule has 3 nitrogen and oxygen atoms in total. The van der Waals surface area contributed by atoms with Gasteiger partial charge in [-0.1, -0.05) is 0 Å². The molecule has 0 aliphatic heterocycles. The smallest absolute Gasteiger partial charge is 0.321 e. The summed E-state index contributed by atoms with van der Waals surface area (Å²) < 4.78 is 18.7. The highest BCUT2D eigenvalue weighted by Gasteiger charge is 2.06. The van der Waals surface area contributed by atoms with E-state index in [1.54, 1.807) is 12.4 Å². The van der Waals surface area contributed by atoms with E-state index < -0.39 is 0 Å². The molecule has 1 aromatic carbocycles. The normalized spacial score (nSPS) is 10.3. The van der Waals surface area contributed by atoms with Crippen LogP contribution in [-0.2, 0) is 5.88 Å². The average molecular weight is 318 g/mol. The van der Waals surface area contributed by atoms with Crippen molar-refractivity contribution in [3.8, 4) is 11.8 Å². The second-order valence-corrected chi connectivity index (χ2v) is 4.31. The molecule has 0 saturated heterocycles. The van der Waals surface area contributed by atoms with Gasteiger partial charge in [0.25, 0.3) is 0 Å². The van der Waals surface area contributed by atoms with E-state index in [-0.39, 0.29) is 11.8 Å². The van der Waals surface area contributed by atoms with Crippen LogP contribution < -0.4 is 4.74 Å². The fourth-order valence-electron chi connectivity index (χ4n) is 1.12. The van der Waals surface area contributed by atoms with Gasteiger partial charge in [0.1, 0.15) is 11.6 Å². The van der Waals surface area contributed by atoms with Crippen LogP contribution in [0, 0.1) is 5.82 Å². The van der Waals surface area contributed by atoms with Crippen molar-refractivity contribution < 1.29 is 9.13 Å². The lowest BCUT2D eigenvalue weighted by atomic mass is 10.3. The Morgan fingerprint density at radius 1 is 1.29 bits per heavy atom. The zero-order chi connectivity index (χ0) is 12.3. The summed E-state index contributed by atoms with van der Waals surface area (Å²) in [5.41, 5.74) is 0.803. The third-order valence-corrected chi connectivity index (χ3v) is 2.86. The summed E-state index contributed by atoms with van der Waals surface area (Å²) in [6.07, 6.45) is 3.15. The molecule has 0 N–H and O–H groups in total. The predicted molar refractivity (Wildman–Crippen MR) is 65.8 cm³/mol. The van der Waals surface area contributed by atoms with Crippen LogP contribution in [-0.4, -0.2) is 9.97 Å². The Kier molecular flexibility index (Phi) is 3.91. The van der Waals surface area contributed by atoms with Gasteiger partial charge in [0.15, 0.2) is 0 Å². The van der Waals surface area contributed by atoms with E-state index in [1.165, 1.54) is 18.2 Å². The fourth-order valence-corrected chi connectivity index (χ4v) is 1.69. The predicted octanol–water partition coefficient (Wildman–Crippen LogP) is 3.91. The minimum absolute atomic E-state index is 0.186. The summed E-state index contributed by atoms with van der Waals surface area (Å²) in [7, 11) is 0. The van der Waals surface area contributed by atoms with Crippen molar-refractivity contribution in [2.45, 2.75) is 5.88 Å². The molecule has 0 radical (unpaired) electrons. The van der Waals surface area contributed by atoms with Crippen LogP contribution in [0.5, 0.6) is 11.8 Å². The van der Waals surface area contributed by atoms with Gasteiger partial charge in [-0.15, -0.1) is 11.6 Å². The number of ether oxygens (including phenoxy) is 1. The van der Waals surface area contributed by atoms with E-state index in [2.05, 4.69) is 25.9 Å². The Hall–Kier alpha value is -1.20. The maximum absolute atomic E-state index is 12.9. The van der Waals surface area contributed by atoms with E-state index >= 15 is 0 Å². The van der Waals surface area contributed by atoms with Gasteiger partial charge in [-0.05, 0) is 34.1 Å². The molecular weight excluding hydrogens is 310 g/mol. The van der Waals surface area contributed by atoms with Crippen LogP contribution in [0.4, 0.5) is 4.39 Å². The van der Waals surface area contributed by atoms with Crippen molar-refractivity contribution in [3.63, 3.8) is 0 Å². The van der Waals surface area contributed by atoms with Crippen LogP contribution in [0.1, 0.15) is 5.56 Å². The van der Waals surface area contributed by atoms with E-state index in [1.807, 2.05) is 0 Å². The summed E-state index contributed by atoms with van der Waals surface area (Å²) in [5, 5.41) is 0. The molecule has 2 rings (SSSR count). The first kappa shape index (κ1) is 12.3. The number of aromatic nitrogens is 2. The largest absolute Gasteiger partial charge is 0.423 e. The average Bonchev–Trinajstić information content (AvgIpc) is 2.34. The topological polar surface area (TPSA) is 35.0 Å². The summed E-state index contributed by atoms with van der Waals surface area (Å²) in [5.74, 6) is 0.452. The van der Waals surface area contributed by atoms with E-state index in [4.69, 9.17) is 16.3 Å². The van der Waals surface area contributed by atoms with E-state index in [0.29, 0.717) is 16.1 Å². The molecule has 6 heteroatoms. The van der Waals surface area contributed by atoms with E-state index in [9.17, 15) is 4.39 Å². The van der Waals surface area contributed by atoms with Gasteiger partial charge in [-0.2, -0.15) is 0 Å². The lowest BCUT2D eigenvalue weighted by molar-refractivity contribution is 0.437. The Labute approximate surface area is 111 Å². The van der Waals surface area contributed by atoms with Crippen molar-refractivity contribution in [1.82, 2.24) is 9.97 Å². The fraction of sp³-hybridized carbons (Fsp3) is 0.0909. The second kappa shape index (κ2) is 5.42. The van der Waals surface area contributed by atoms with Gasteiger partial charge >= 0.3 is 6.01 Å². The standard InChI is InChI=1S/C11H7BrClFN2O/c12-9-3-8(14)1-2-10(9)17-11-15-5-7(4-13)6-16-11/h1-3,5-6H,4H2. The minimum atomic E-state index is -0.345. The first-order valence-electron chi connectivity index (χ1n) is 4.69. The molecule has 0 spiro atoms. The molecular formula is C11H7BrClFN2O. The van der Waals surface area contributed by atoms with Crippen LogP contribution >= 0.6 is 27.5 Å². The molecule has 1 heterocycles. The van der Waals surface area contributed by atoms with Crippen molar-refractivity contribution in [1.29, 1.82) is 0 Å². The zero-order valence-corrected chi connectivity index (χ0v) is 10.9. The number of hydrogen-bond donors (Lipinski definition) is 0. The molecule has 0 saturated carbocycles. The summed E-state index contributed by atoms with van der Waals surface area (Å²) >= 11 is 8.80. The van der Waals surface area contributed by atoms with Crippen LogP contribution in [0.25, 0.3) is 0 Å². The van der Waals surface area contributed by atoms with Gasteiger partial charge in [0, 0.05) is 18.0 Å². The molecule has 0 fully saturated rings. The molecule has 0 atom stereocenters. The Balaban J connectivity index is 2.19. The summed E-state index contributed by atoms with van der Waals surface area (Å²) in [4.78, 5) is 7.95. The van der Waals surface area contributed by atoms with Crippen molar-refractivity contribution >= 4 is 27.5 Å². The van der Waals surface area contributed by atoms with Crippen LogP contribution in [0.3, 0.4) is 0 Å². The Morgan fingerprint density at radius 2 is 2.00 bits per heavy atom. The van der Waals surface area contributed by atoms with Crippen LogP contribution in [0.2, 0.25) is 0 Å². The molecule has 0 aliphatic carbocycles. The Morgan fingerprint density at radius 3 is 2.59 bits per heavy atom. The second-order valence-electron chi connectivity index (χ2n) is 3.18. The van der Waals surface area contributed by atoms with Gasteiger partial charge in [0.2, 0.25) is 0 Å². The molecule has 0 unspecified atom stereocenters. The van der Waals surface area contributed by atoms with Gasteiger partial charge in [-0.25, -0.2) is 14.4 Å². The first-order valence-corrected chi connectivity index (χ1v) is 6.01. The first-order chi connectivity index (χ1) is 8.19. The maximum Gasteiger partial charge on any atom is 0.321 e. The quantitative estimate of drug-likeness (QED) is 0.805. The van der Waals surface area contributed by atoms with E-state index in [0.717, 1.165) is 5.56 Å². The monoisotopic (exact) mass is 316 g/mol. The molecule has 17 heavy (non-hydrogen) atoms. The van der Waals surface area contributed by atoms with Gasteiger partial charge in [-0.3, -0.25) is 0 Å². The summed E-state index contributed by atoms with van der Waals surface area (Å²) in [6.45, 7) is 0. The SMILES string of the molecule is Fc1ccc(Oc2ncc(CCl)cn2)c(Br)c1. The van der Waals surface area contributed by atoms with Crippen LogP contribution in [0.15, 0.2) is 35.1 Å².